The monoisotopic (exact) mass is 392 g/mol. The van der Waals surface area contributed by atoms with E-state index in [4.69, 9.17) is 4.74 Å². The fourth-order valence-electron chi connectivity index (χ4n) is 4.20. The highest BCUT2D eigenvalue weighted by Gasteiger charge is 2.21. The second-order valence-electron chi connectivity index (χ2n) is 8.23. The highest BCUT2D eigenvalue weighted by molar-refractivity contribution is 5.45. The van der Waals surface area contributed by atoms with Crippen molar-refractivity contribution in [2.75, 3.05) is 6.61 Å². The lowest BCUT2D eigenvalue weighted by atomic mass is 9.77. The topological polar surface area (TPSA) is 9.23 Å². The number of hydrogen-bond donors (Lipinski definition) is 0. The van der Waals surface area contributed by atoms with Crippen LogP contribution in [0.25, 0.3) is 0 Å². The summed E-state index contributed by atoms with van der Waals surface area (Å²) in [6.45, 7) is 4.92. The average Bonchev–Trinajstić information content (AvgIpc) is 2.75. The van der Waals surface area contributed by atoms with Crippen molar-refractivity contribution in [1.82, 2.24) is 0 Å². The van der Waals surface area contributed by atoms with E-state index in [9.17, 15) is 4.39 Å². The molecule has 0 radical (unpaired) electrons. The van der Waals surface area contributed by atoms with Gasteiger partial charge in [-0.15, -0.1) is 0 Å². The van der Waals surface area contributed by atoms with Gasteiger partial charge in [0, 0.05) is 11.1 Å². The lowest BCUT2D eigenvalue weighted by Crippen LogP contribution is -2.13. The zero-order chi connectivity index (χ0) is 20.5. The highest BCUT2D eigenvalue weighted by Crippen LogP contribution is 2.37. The van der Waals surface area contributed by atoms with Crippen LogP contribution in [0.5, 0.6) is 5.75 Å². The van der Waals surface area contributed by atoms with Crippen molar-refractivity contribution in [3.8, 4) is 17.6 Å². The summed E-state index contributed by atoms with van der Waals surface area (Å²) in [5.74, 6) is 7.82. The van der Waals surface area contributed by atoms with Crippen molar-refractivity contribution in [2.45, 2.75) is 71.1 Å². The number of halogens is 1. The Morgan fingerprint density at radius 2 is 1.59 bits per heavy atom. The molecule has 154 valence electrons. The summed E-state index contributed by atoms with van der Waals surface area (Å²) in [7, 11) is 0. The normalized spacial score (nSPS) is 18.7. The smallest absolute Gasteiger partial charge is 0.166 e. The molecule has 0 saturated heterocycles. The number of benzene rings is 2. The summed E-state index contributed by atoms with van der Waals surface area (Å²) in [6, 6.07) is 13.6. The third kappa shape index (κ3) is 6.36. The van der Waals surface area contributed by atoms with Gasteiger partial charge in [0.15, 0.2) is 11.6 Å². The van der Waals surface area contributed by atoms with Crippen LogP contribution in [-0.4, -0.2) is 6.61 Å². The van der Waals surface area contributed by atoms with Crippen molar-refractivity contribution >= 4 is 0 Å². The number of hydrogen-bond acceptors (Lipinski definition) is 1. The minimum Gasteiger partial charge on any atom is -0.491 e. The van der Waals surface area contributed by atoms with Gasteiger partial charge in [-0.3, -0.25) is 0 Å². The first kappa shape index (κ1) is 21.4. The molecular formula is C27H33FO. The molecule has 2 aromatic rings. The summed E-state index contributed by atoms with van der Waals surface area (Å²) in [5.41, 5.74) is 3.07. The van der Waals surface area contributed by atoms with Gasteiger partial charge in [-0.05, 0) is 79.8 Å². The van der Waals surface area contributed by atoms with E-state index in [0.29, 0.717) is 23.8 Å². The second kappa shape index (κ2) is 11.1. The standard InChI is InChI=1S/C27H33FO/c1-3-5-19-29-27-18-13-23(20-26(27)28)8-7-22-11-16-25(17-12-22)24-14-9-21(6-4-2)10-15-24/h11-13,16-18,20-21,24H,3-6,9-10,14-15,19H2,1-2H3/t21-,24-. The van der Waals surface area contributed by atoms with E-state index < -0.39 is 0 Å². The molecule has 29 heavy (non-hydrogen) atoms. The van der Waals surface area contributed by atoms with E-state index in [1.165, 1.54) is 50.2 Å². The van der Waals surface area contributed by atoms with Crippen molar-refractivity contribution in [3.05, 3.63) is 65.0 Å². The van der Waals surface area contributed by atoms with Crippen LogP contribution in [0.2, 0.25) is 0 Å². The SMILES string of the molecule is CCCCOc1ccc(C#Cc2ccc([C@H]3CC[C@H](CCC)CC3)cc2)cc1F. The van der Waals surface area contributed by atoms with E-state index in [-0.39, 0.29) is 5.82 Å². The van der Waals surface area contributed by atoms with Crippen molar-refractivity contribution in [1.29, 1.82) is 0 Å². The van der Waals surface area contributed by atoms with Crippen LogP contribution in [0.1, 0.15) is 87.8 Å². The first-order valence-corrected chi connectivity index (χ1v) is 11.2. The van der Waals surface area contributed by atoms with E-state index in [1.54, 1.807) is 6.07 Å². The molecule has 0 atom stereocenters. The molecule has 1 nitrogen and oxygen atoms in total. The highest BCUT2D eigenvalue weighted by atomic mass is 19.1. The first-order chi connectivity index (χ1) is 14.2. The molecule has 2 heteroatoms. The Kier molecular flexibility index (Phi) is 8.17. The molecular weight excluding hydrogens is 359 g/mol. The Morgan fingerprint density at radius 3 is 2.24 bits per heavy atom. The van der Waals surface area contributed by atoms with Gasteiger partial charge in [0.05, 0.1) is 6.61 Å². The molecule has 0 heterocycles. The van der Waals surface area contributed by atoms with Crippen LogP contribution >= 0.6 is 0 Å². The Morgan fingerprint density at radius 1 is 0.897 bits per heavy atom. The predicted octanol–water partition coefficient (Wildman–Crippen LogP) is 7.48. The zero-order valence-corrected chi connectivity index (χ0v) is 17.8. The summed E-state index contributed by atoms with van der Waals surface area (Å²) >= 11 is 0. The molecule has 2 aromatic carbocycles. The Labute approximate surface area is 175 Å². The van der Waals surface area contributed by atoms with Crippen LogP contribution in [0.3, 0.4) is 0 Å². The zero-order valence-electron chi connectivity index (χ0n) is 17.8. The first-order valence-electron chi connectivity index (χ1n) is 11.2. The molecule has 1 aliphatic carbocycles. The van der Waals surface area contributed by atoms with Gasteiger partial charge >= 0.3 is 0 Å². The summed E-state index contributed by atoms with van der Waals surface area (Å²) in [6.07, 6.45) is 9.99. The van der Waals surface area contributed by atoms with Crippen LogP contribution in [0.15, 0.2) is 42.5 Å². The molecule has 1 aliphatic rings. The van der Waals surface area contributed by atoms with Crippen LogP contribution in [0, 0.1) is 23.6 Å². The summed E-state index contributed by atoms with van der Waals surface area (Å²) in [5, 5.41) is 0. The molecule has 0 aromatic heterocycles. The Balaban J connectivity index is 1.58. The lowest BCUT2D eigenvalue weighted by Gasteiger charge is -2.28. The van der Waals surface area contributed by atoms with Gasteiger partial charge in [-0.25, -0.2) is 4.39 Å². The van der Waals surface area contributed by atoms with Crippen LogP contribution in [0.4, 0.5) is 4.39 Å². The largest absolute Gasteiger partial charge is 0.491 e. The summed E-state index contributed by atoms with van der Waals surface area (Å²) < 4.78 is 19.6. The van der Waals surface area contributed by atoms with Gasteiger partial charge in [0.25, 0.3) is 0 Å². The van der Waals surface area contributed by atoms with Crippen molar-refractivity contribution in [3.63, 3.8) is 0 Å². The van der Waals surface area contributed by atoms with Gasteiger partial charge in [-0.1, -0.05) is 57.1 Å². The minimum atomic E-state index is -0.345. The van der Waals surface area contributed by atoms with Gasteiger partial charge in [0.2, 0.25) is 0 Å². The third-order valence-electron chi connectivity index (χ3n) is 5.96. The molecule has 1 fully saturated rings. The van der Waals surface area contributed by atoms with E-state index >= 15 is 0 Å². The molecule has 0 bridgehead atoms. The quantitative estimate of drug-likeness (QED) is 0.350. The minimum absolute atomic E-state index is 0.307. The van der Waals surface area contributed by atoms with Crippen molar-refractivity contribution in [2.24, 2.45) is 5.92 Å². The Hall–Kier alpha value is -2.27. The number of ether oxygens (including phenoxy) is 1. The van der Waals surface area contributed by atoms with Crippen LogP contribution in [-0.2, 0) is 0 Å². The molecule has 0 amide bonds. The molecule has 0 N–H and O–H groups in total. The van der Waals surface area contributed by atoms with E-state index in [1.807, 2.05) is 6.07 Å². The van der Waals surface area contributed by atoms with Crippen LogP contribution < -0.4 is 4.74 Å². The lowest BCUT2D eigenvalue weighted by molar-refractivity contribution is 0.294. The molecule has 3 rings (SSSR count). The van der Waals surface area contributed by atoms with Gasteiger partial charge < -0.3 is 4.74 Å². The van der Waals surface area contributed by atoms with E-state index in [0.717, 1.165) is 24.3 Å². The summed E-state index contributed by atoms with van der Waals surface area (Å²) in [4.78, 5) is 0. The van der Waals surface area contributed by atoms with Gasteiger partial charge in [-0.2, -0.15) is 0 Å². The maximum absolute atomic E-state index is 14.1. The van der Waals surface area contributed by atoms with E-state index in [2.05, 4.69) is 50.0 Å². The maximum atomic E-state index is 14.1. The fourth-order valence-corrected chi connectivity index (χ4v) is 4.20. The predicted molar refractivity (Wildman–Crippen MR) is 119 cm³/mol. The second-order valence-corrected chi connectivity index (χ2v) is 8.23. The number of rotatable bonds is 7. The maximum Gasteiger partial charge on any atom is 0.166 e. The third-order valence-corrected chi connectivity index (χ3v) is 5.96. The Bertz CT molecular complexity index is 820. The van der Waals surface area contributed by atoms with Gasteiger partial charge in [0.1, 0.15) is 0 Å². The molecule has 0 spiro atoms. The van der Waals surface area contributed by atoms with Crippen molar-refractivity contribution < 1.29 is 9.13 Å². The molecule has 0 aliphatic heterocycles. The average molecular weight is 393 g/mol. The molecule has 0 unspecified atom stereocenters. The number of unbranched alkanes of at least 4 members (excludes halogenated alkanes) is 1. The fraction of sp³-hybridized carbons (Fsp3) is 0.481. The molecule has 1 saturated carbocycles.